The van der Waals surface area contributed by atoms with E-state index in [0.29, 0.717) is 24.5 Å². The molecule has 0 unspecified atom stereocenters. The van der Waals surface area contributed by atoms with E-state index in [0.717, 1.165) is 12.1 Å². The standard InChI is InChI=1S/C22H24FN7O/c23-16-4-2-1-3-15(16)18-6-5-17(26)21(28-18)22(31)29-19-10-27-8-7-20(19)30-11-13(24)9-14(25)12-30/h1-8,10,13-14H,9,11-12,24-26H2,(H,29,31)/t13-,14+. The molecule has 7 N–H and O–H groups in total. The fourth-order valence-electron chi connectivity index (χ4n) is 3.79. The SMILES string of the molecule is Nc1ccc(-c2ccccc2F)nc1C(=O)Nc1cnccc1N1C[C@H](N)C[C@H](N)C1. The van der Waals surface area contributed by atoms with Crippen molar-refractivity contribution in [3.05, 3.63) is 66.4 Å². The number of nitrogens with one attached hydrogen (secondary N) is 1. The lowest BCUT2D eigenvalue weighted by atomic mass is 10.0. The Bertz CT molecular complexity index is 1100. The number of rotatable bonds is 4. The molecule has 160 valence electrons. The van der Waals surface area contributed by atoms with Crippen molar-refractivity contribution in [1.82, 2.24) is 9.97 Å². The quantitative estimate of drug-likeness (QED) is 0.506. The average Bonchev–Trinajstić information content (AvgIpc) is 2.74. The Morgan fingerprint density at radius 2 is 1.84 bits per heavy atom. The Balaban J connectivity index is 1.63. The summed E-state index contributed by atoms with van der Waals surface area (Å²) >= 11 is 0. The number of piperidine rings is 1. The van der Waals surface area contributed by atoms with Crippen LogP contribution < -0.4 is 27.4 Å². The number of anilines is 3. The van der Waals surface area contributed by atoms with Crippen LogP contribution in [0.1, 0.15) is 16.9 Å². The van der Waals surface area contributed by atoms with E-state index in [1.165, 1.54) is 12.1 Å². The first-order chi connectivity index (χ1) is 14.9. The average molecular weight is 421 g/mol. The van der Waals surface area contributed by atoms with Gasteiger partial charge in [-0.2, -0.15) is 0 Å². The number of halogens is 1. The molecular weight excluding hydrogens is 397 g/mol. The Morgan fingerprint density at radius 1 is 1.10 bits per heavy atom. The van der Waals surface area contributed by atoms with Crippen LogP contribution in [0.5, 0.6) is 0 Å². The smallest absolute Gasteiger partial charge is 0.276 e. The lowest BCUT2D eigenvalue weighted by Crippen LogP contribution is -2.52. The number of hydrogen-bond acceptors (Lipinski definition) is 7. The van der Waals surface area contributed by atoms with Gasteiger partial charge in [0.25, 0.3) is 5.91 Å². The van der Waals surface area contributed by atoms with Gasteiger partial charge in [-0.05, 0) is 36.8 Å². The normalized spacial score (nSPS) is 18.6. The molecule has 0 spiro atoms. The van der Waals surface area contributed by atoms with E-state index in [4.69, 9.17) is 17.2 Å². The molecule has 2 atom stereocenters. The molecule has 1 fully saturated rings. The molecule has 0 aliphatic carbocycles. The zero-order valence-electron chi connectivity index (χ0n) is 16.8. The van der Waals surface area contributed by atoms with Crippen LogP contribution in [0.4, 0.5) is 21.5 Å². The van der Waals surface area contributed by atoms with Crippen LogP contribution in [-0.2, 0) is 0 Å². The van der Waals surface area contributed by atoms with E-state index in [1.807, 2.05) is 4.90 Å². The fraction of sp³-hybridized carbons (Fsp3) is 0.227. The van der Waals surface area contributed by atoms with Gasteiger partial charge >= 0.3 is 0 Å². The molecule has 8 nitrogen and oxygen atoms in total. The molecule has 9 heteroatoms. The number of benzene rings is 1. The number of amides is 1. The third-order valence-corrected chi connectivity index (χ3v) is 5.19. The summed E-state index contributed by atoms with van der Waals surface area (Å²) in [4.78, 5) is 23.5. The van der Waals surface area contributed by atoms with Gasteiger partial charge in [-0.15, -0.1) is 0 Å². The highest BCUT2D eigenvalue weighted by Gasteiger charge is 2.25. The topological polar surface area (TPSA) is 136 Å². The highest BCUT2D eigenvalue weighted by Crippen LogP contribution is 2.28. The third-order valence-electron chi connectivity index (χ3n) is 5.19. The number of nitrogens with two attached hydrogens (primary N) is 3. The monoisotopic (exact) mass is 421 g/mol. The predicted octanol–water partition coefficient (Wildman–Crippen LogP) is 1.98. The molecule has 1 amide bonds. The van der Waals surface area contributed by atoms with Crippen LogP contribution >= 0.6 is 0 Å². The number of nitrogen functional groups attached to an aromatic ring is 1. The van der Waals surface area contributed by atoms with Gasteiger partial charge < -0.3 is 27.4 Å². The second kappa shape index (κ2) is 8.66. The summed E-state index contributed by atoms with van der Waals surface area (Å²) in [6, 6.07) is 11.0. The largest absolute Gasteiger partial charge is 0.397 e. The second-order valence-electron chi connectivity index (χ2n) is 7.62. The fourth-order valence-corrected chi connectivity index (χ4v) is 3.79. The first-order valence-corrected chi connectivity index (χ1v) is 9.95. The van der Waals surface area contributed by atoms with Gasteiger partial charge in [-0.3, -0.25) is 9.78 Å². The summed E-state index contributed by atoms with van der Waals surface area (Å²) < 4.78 is 14.2. The van der Waals surface area contributed by atoms with Crippen molar-refractivity contribution in [2.45, 2.75) is 18.5 Å². The maximum atomic E-state index is 14.2. The summed E-state index contributed by atoms with van der Waals surface area (Å²) in [5, 5.41) is 2.83. The molecule has 1 aliphatic rings. The molecule has 1 aromatic carbocycles. The van der Waals surface area contributed by atoms with Crippen molar-refractivity contribution in [2.24, 2.45) is 11.5 Å². The van der Waals surface area contributed by atoms with Crippen molar-refractivity contribution in [2.75, 3.05) is 29.0 Å². The number of pyridine rings is 2. The van der Waals surface area contributed by atoms with E-state index in [2.05, 4.69) is 15.3 Å². The minimum absolute atomic E-state index is 0.00241. The van der Waals surface area contributed by atoms with Crippen molar-refractivity contribution in [3.63, 3.8) is 0 Å². The van der Waals surface area contributed by atoms with Crippen LogP contribution in [0.3, 0.4) is 0 Å². The molecular formula is C22H24FN7O. The van der Waals surface area contributed by atoms with Crippen LogP contribution in [0, 0.1) is 5.82 Å². The van der Waals surface area contributed by atoms with E-state index in [-0.39, 0.29) is 29.0 Å². The molecule has 4 rings (SSSR count). The Kier molecular flexibility index (Phi) is 5.79. The van der Waals surface area contributed by atoms with Gasteiger partial charge in [-0.25, -0.2) is 9.37 Å². The third kappa shape index (κ3) is 4.47. The van der Waals surface area contributed by atoms with Gasteiger partial charge in [0.05, 0.1) is 29.0 Å². The minimum Gasteiger partial charge on any atom is -0.397 e. The van der Waals surface area contributed by atoms with Crippen molar-refractivity contribution in [1.29, 1.82) is 0 Å². The van der Waals surface area contributed by atoms with E-state index >= 15 is 0 Å². The molecule has 1 saturated heterocycles. The summed E-state index contributed by atoms with van der Waals surface area (Å²) in [6.07, 6.45) is 3.93. The summed E-state index contributed by atoms with van der Waals surface area (Å²) in [6.45, 7) is 1.23. The zero-order valence-corrected chi connectivity index (χ0v) is 16.8. The van der Waals surface area contributed by atoms with Crippen molar-refractivity contribution in [3.8, 4) is 11.3 Å². The molecule has 2 aromatic heterocycles. The lowest BCUT2D eigenvalue weighted by Gasteiger charge is -2.37. The van der Waals surface area contributed by atoms with E-state index < -0.39 is 11.7 Å². The first kappa shape index (κ1) is 20.7. The second-order valence-corrected chi connectivity index (χ2v) is 7.62. The van der Waals surface area contributed by atoms with Crippen LogP contribution in [-0.4, -0.2) is 41.0 Å². The number of aromatic nitrogens is 2. The Morgan fingerprint density at radius 3 is 2.58 bits per heavy atom. The van der Waals surface area contributed by atoms with Gasteiger partial charge in [0.2, 0.25) is 0 Å². The molecule has 0 saturated carbocycles. The van der Waals surface area contributed by atoms with E-state index in [9.17, 15) is 9.18 Å². The molecule has 3 heterocycles. The number of carbonyl (C=O) groups excluding carboxylic acids is 1. The molecule has 3 aromatic rings. The van der Waals surface area contributed by atoms with E-state index in [1.54, 1.807) is 42.7 Å². The maximum absolute atomic E-state index is 14.2. The van der Waals surface area contributed by atoms with Gasteiger partial charge in [-0.1, -0.05) is 12.1 Å². The number of carbonyl (C=O) groups is 1. The van der Waals surface area contributed by atoms with Crippen molar-refractivity contribution < 1.29 is 9.18 Å². The summed E-state index contributed by atoms with van der Waals surface area (Å²) in [7, 11) is 0. The summed E-state index contributed by atoms with van der Waals surface area (Å²) in [5.41, 5.74) is 20.3. The highest BCUT2D eigenvalue weighted by atomic mass is 19.1. The van der Waals surface area contributed by atoms with Gasteiger partial charge in [0.1, 0.15) is 5.82 Å². The number of hydrogen-bond donors (Lipinski definition) is 4. The molecule has 1 aliphatic heterocycles. The minimum atomic E-state index is -0.518. The van der Waals surface area contributed by atoms with Gasteiger partial charge in [0.15, 0.2) is 5.69 Å². The lowest BCUT2D eigenvalue weighted by molar-refractivity contribution is 0.102. The predicted molar refractivity (Wildman–Crippen MR) is 119 cm³/mol. The van der Waals surface area contributed by atoms with Crippen molar-refractivity contribution >= 4 is 23.0 Å². The molecule has 0 radical (unpaired) electrons. The molecule has 31 heavy (non-hydrogen) atoms. The summed E-state index contributed by atoms with van der Waals surface area (Å²) in [5.74, 6) is -0.950. The number of nitrogens with zero attached hydrogens (tertiary/aromatic N) is 3. The van der Waals surface area contributed by atoms with Crippen LogP contribution in [0.25, 0.3) is 11.3 Å². The zero-order chi connectivity index (χ0) is 22.0. The maximum Gasteiger partial charge on any atom is 0.276 e. The van der Waals surface area contributed by atoms with Gasteiger partial charge in [0, 0.05) is 36.9 Å². The first-order valence-electron chi connectivity index (χ1n) is 9.95. The molecule has 0 bridgehead atoms. The Labute approximate surface area is 179 Å². The van der Waals surface area contributed by atoms with Crippen LogP contribution in [0.15, 0.2) is 54.9 Å². The van der Waals surface area contributed by atoms with Crippen LogP contribution in [0.2, 0.25) is 0 Å². The Hall–Kier alpha value is -3.56. The highest BCUT2D eigenvalue weighted by molar-refractivity contribution is 6.07.